The van der Waals surface area contributed by atoms with Crippen LogP contribution in [0.1, 0.15) is 25.3 Å². The number of nitrogens with one attached hydrogen (secondary N) is 1. The Balaban J connectivity index is 2.20. The van der Waals surface area contributed by atoms with Crippen LogP contribution < -0.4 is 10.2 Å². The van der Waals surface area contributed by atoms with Gasteiger partial charge in [-0.15, -0.1) is 0 Å². The van der Waals surface area contributed by atoms with E-state index in [9.17, 15) is 4.39 Å². The van der Waals surface area contributed by atoms with Gasteiger partial charge in [0.05, 0.1) is 5.69 Å². The summed E-state index contributed by atoms with van der Waals surface area (Å²) in [6.07, 6.45) is 2.42. The Morgan fingerprint density at radius 2 is 2.29 bits per heavy atom. The minimum atomic E-state index is -0.0982. The quantitative estimate of drug-likeness (QED) is 0.868. The summed E-state index contributed by atoms with van der Waals surface area (Å²) >= 11 is 0. The predicted octanol–water partition coefficient (Wildman–Crippen LogP) is 2.78. The molecule has 0 aromatic heterocycles. The highest BCUT2D eigenvalue weighted by atomic mass is 19.1. The van der Waals surface area contributed by atoms with E-state index >= 15 is 0 Å². The number of benzene rings is 1. The molecule has 1 aliphatic heterocycles. The minimum Gasteiger partial charge on any atom is -0.369 e. The van der Waals surface area contributed by atoms with Crippen LogP contribution in [0.5, 0.6) is 0 Å². The number of piperidine rings is 1. The Morgan fingerprint density at radius 1 is 1.47 bits per heavy atom. The van der Waals surface area contributed by atoms with Gasteiger partial charge in [0.15, 0.2) is 0 Å². The lowest BCUT2D eigenvalue weighted by Crippen LogP contribution is -2.34. The number of anilines is 1. The zero-order valence-electron chi connectivity index (χ0n) is 10.7. The first-order valence-electron chi connectivity index (χ1n) is 6.38. The molecule has 3 heteroatoms. The average Bonchev–Trinajstić information content (AvgIpc) is 2.32. The Bertz CT molecular complexity index is 378. The Kier molecular flexibility index (Phi) is 4.00. The van der Waals surface area contributed by atoms with Crippen molar-refractivity contribution in [1.29, 1.82) is 0 Å². The molecular weight excluding hydrogens is 215 g/mol. The standard InChI is InChI=1S/C14H21FN2/c1-11-4-3-7-17(10-11)14-8-12(9-16-2)5-6-13(14)15/h5-6,8,11,16H,3-4,7,9-10H2,1-2H3. The predicted molar refractivity (Wildman–Crippen MR) is 69.8 cm³/mol. The largest absolute Gasteiger partial charge is 0.369 e. The first-order valence-corrected chi connectivity index (χ1v) is 6.38. The summed E-state index contributed by atoms with van der Waals surface area (Å²) in [7, 11) is 1.91. The van der Waals surface area contributed by atoms with Crippen LogP contribution in [0.25, 0.3) is 0 Å². The lowest BCUT2D eigenvalue weighted by Gasteiger charge is -2.33. The number of rotatable bonds is 3. The van der Waals surface area contributed by atoms with Crippen molar-refractivity contribution in [2.45, 2.75) is 26.3 Å². The van der Waals surface area contributed by atoms with Crippen molar-refractivity contribution in [3.8, 4) is 0 Å². The summed E-state index contributed by atoms with van der Waals surface area (Å²) in [6.45, 7) is 4.97. The molecule has 17 heavy (non-hydrogen) atoms. The van der Waals surface area contributed by atoms with E-state index in [0.717, 1.165) is 37.3 Å². The average molecular weight is 236 g/mol. The van der Waals surface area contributed by atoms with Gasteiger partial charge >= 0.3 is 0 Å². The van der Waals surface area contributed by atoms with E-state index in [1.165, 1.54) is 6.42 Å². The van der Waals surface area contributed by atoms with E-state index in [4.69, 9.17) is 0 Å². The second-order valence-corrected chi connectivity index (χ2v) is 5.01. The molecule has 1 aromatic carbocycles. The molecule has 2 nitrogen and oxygen atoms in total. The number of nitrogens with zero attached hydrogens (tertiary/aromatic N) is 1. The van der Waals surface area contributed by atoms with E-state index in [-0.39, 0.29) is 5.82 Å². The molecule has 1 saturated heterocycles. The summed E-state index contributed by atoms with van der Waals surface area (Å²) in [6, 6.07) is 5.41. The van der Waals surface area contributed by atoms with Crippen LogP contribution >= 0.6 is 0 Å². The fourth-order valence-electron chi connectivity index (χ4n) is 2.52. The van der Waals surface area contributed by atoms with Crippen LogP contribution in [0.4, 0.5) is 10.1 Å². The van der Waals surface area contributed by atoms with Gasteiger partial charge in [-0.25, -0.2) is 4.39 Å². The monoisotopic (exact) mass is 236 g/mol. The molecule has 0 saturated carbocycles. The number of halogens is 1. The minimum absolute atomic E-state index is 0.0982. The van der Waals surface area contributed by atoms with E-state index in [1.807, 2.05) is 19.2 Å². The fourth-order valence-corrected chi connectivity index (χ4v) is 2.52. The van der Waals surface area contributed by atoms with Crippen molar-refractivity contribution in [2.24, 2.45) is 5.92 Å². The maximum Gasteiger partial charge on any atom is 0.146 e. The molecule has 1 aromatic rings. The molecule has 0 spiro atoms. The molecule has 1 heterocycles. The number of hydrogen-bond donors (Lipinski definition) is 1. The molecule has 0 bridgehead atoms. The van der Waals surface area contributed by atoms with Crippen LogP contribution in [0, 0.1) is 11.7 Å². The molecule has 1 aliphatic rings. The molecule has 0 amide bonds. The third-order valence-corrected chi connectivity index (χ3v) is 3.39. The molecule has 2 rings (SSSR count). The molecule has 0 radical (unpaired) electrons. The summed E-state index contributed by atoms with van der Waals surface area (Å²) < 4.78 is 13.9. The van der Waals surface area contributed by atoms with Gasteiger partial charge in [0, 0.05) is 19.6 Å². The Labute approximate surface area is 103 Å². The van der Waals surface area contributed by atoms with Gasteiger partial charge in [0.25, 0.3) is 0 Å². The van der Waals surface area contributed by atoms with Gasteiger partial charge in [-0.2, -0.15) is 0 Å². The zero-order valence-corrected chi connectivity index (χ0v) is 10.7. The second kappa shape index (κ2) is 5.50. The third-order valence-electron chi connectivity index (χ3n) is 3.39. The van der Waals surface area contributed by atoms with Gasteiger partial charge in [-0.3, -0.25) is 0 Å². The lowest BCUT2D eigenvalue weighted by atomic mass is 9.99. The molecule has 1 unspecified atom stereocenters. The molecule has 1 fully saturated rings. The van der Waals surface area contributed by atoms with Crippen molar-refractivity contribution in [2.75, 3.05) is 25.0 Å². The molecule has 1 N–H and O–H groups in total. The highest BCUT2D eigenvalue weighted by Crippen LogP contribution is 2.26. The highest BCUT2D eigenvalue weighted by Gasteiger charge is 2.19. The van der Waals surface area contributed by atoms with Gasteiger partial charge in [0.2, 0.25) is 0 Å². The number of hydrogen-bond acceptors (Lipinski definition) is 2. The smallest absolute Gasteiger partial charge is 0.146 e. The first-order chi connectivity index (χ1) is 8.20. The Morgan fingerprint density at radius 3 is 3.00 bits per heavy atom. The van der Waals surface area contributed by atoms with Crippen molar-refractivity contribution < 1.29 is 4.39 Å². The molecule has 1 atom stereocenters. The van der Waals surface area contributed by atoms with Crippen molar-refractivity contribution in [3.05, 3.63) is 29.6 Å². The van der Waals surface area contributed by atoms with Crippen LogP contribution in [0.15, 0.2) is 18.2 Å². The van der Waals surface area contributed by atoms with Gasteiger partial charge < -0.3 is 10.2 Å². The molecule has 0 aliphatic carbocycles. The maximum absolute atomic E-state index is 13.9. The fraction of sp³-hybridized carbons (Fsp3) is 0.571. The van der Waals surface area contributed by atoms with E-state index in [0.29, 0.717) is 5.92 Å². The molecule has 94 valence electrons. The molecular formula is C14H21FN2. The van der Waals surface area contributed by atoms with E-state index in [1.54, 1.807) is 6.07 Å². The normalized spacial score (nSPS) is 20.6. The summed E-state index contributed by atoms with van der Waals surface area (Å²) in [5.74, 6) is 0.565. The van der Waals surface area contributed by atoms with Crippen LogP contribution in [0.2, 0.25) is 0 Å². The lowest BCUT2D eigenvalue weighted by molar-refractivity contribution is 0.442. The Hall–Kier alpha value is -1.09. The summed E-state index contributed by atoms with van der Waals surface area (Å²) in [4.78, 5) is 2.18. The van der Waals surface area contributed by atoms with Gasteiger partial charge in [-0.1, -0.05) is 13.0 Å². The third kappa shape index (κ3) is 2.97. The topological polar surface area (TPSA) is 15.3 Å². The van der Waals surface area contributed by atoms with E-state index < -0.39 is 0 Å². The van der Waals surface area contributed by atoms with E-state index in [2.05, 4.69) is 17.1 Å². The first kappa shape index (κ1) is 12.4. The zero-order chi connectivity index (χ0) is 12.3. The van der Waals surface area contributed by atoms with Crippen molar-refractivity contribution >= 4 is 5.69 Å². The SMILES string of the molecule is CNCc1ccc(F)c(N2CCCC(C)C2)c1. The second-order valence-electron chi connectivity index (χ2n) is 5.01. The van der Waals surface area contributed by atoms with Crippen LogP contribution in [0.3, 0.4) is 0 Å². The van der Waals surface area contributed by atoms with Gasteiger partial charge in [-0.05, 0) is 43.5 Å². The summed E-state index contributed by atoms with van der Waals surface area (Å²) in [5.41, 5.74) is 1.91. The van der Waals surface area contributed by atoms with Crippen molar-refractivity contribution in [3.63, 3.8) is 0 Å². The highest BCUT2D eigenvalue weighted by molar-refractivity contribution is 5.50. The van der Waals surface area contributed by atoms with Crippen LogP contribution in [-0.2, 0) is 6.54 Å². The summed E-state index contributed by atoms with van der Waals surface area (Å²) in [5, 5.41) is 3.10. The van der Waals surface area contributed by atoms with Crippen molar-refractivity contribution in [1.82, 2.24) is 5.32 Å². The maximum atomic E-state index is 13.9. The van der Waals surface area contributed by atoms with Crippen LogP contribution in [-0.4, -0.2) is 20.1 Å². The van der Waals surface area contributed by atoms with Gasteiger partial charge in [0.1, 0.15) is 5.82 Å².